The molecule has 0 rings (SSSR count). The summed E-state index contributed by atoms with van der Waals surface area (Å²) in [7, 11) is 0. The topological polar surface area (TPSA) is 244 Å². The summed E-state index contributed by atoms with van der Waals surface area (Å²) in [5.41, 5.74) is 0. The summed E-state index contributed by atoms with van der Waals surface area (Å²) in [6.45, 7) is -0.760. The van der Waals surface area contributed by atoms with E-state index in [4.69, 9.17) is 25.5 Å². The third-order valence-corrected chi connectivity index (χ3v) is 1.42. The zero-order chi connectivity index (χ0) is 9.72. The van der Waals surface area contributed by atoms with E-state index in [1.165, 1.54) is 0 Å². The normalized spacial score (nSPS) is 13.3. The molecule has 0 fully saturated rings. The van der Waals surface area contributed by atoms with Crippen molar-refractivity contribution < 1.29 is 94.1 Å². The molecule has 0 bridgehead atoms. The van der Waals surface area contributed by atoms with Crippen LogP contribution in [0.25, 0.3) is 0 Å². The number of rotatable bonds is 5. The van der Waals surface area contributed by atoms with E-state index in [9.17, 15) is 4.79 Å². The summed E-state index contributed by atoms with van der Waals surface area (Å²) in [5.74, 6) is 0. The van der Waals surface area contributed by atoms with Crippen molar-refractivity contribution in [1.29, 1.82) is 0 Å². The standard InChI is InChI=1S/C6H12O6.2ClH.Fe.4H2O/c7-1-3(9)5(11)6(12)4(10)2-8;;;;;;;/h1,3-6,8-12H,2H2;2*1H;;4*1H2/q;;;+2;;;;/p-2. The number of aliphatic hydroxyl groups is 5. The molecule has 0 aliphatic rings. The predicted octanol–water partition coefficient (Wildman–Crippen LogP) is -12.7. The third-order valence-electron chi connectivity index (χ3n) is 1.42. The molecular weight excluding hydrogens is 359 g/mol. The Bertz CT molecular complexity index is 156. The van der Waals surface area contributed by atoms with Gasteiger partial charge in [0.1, 0.15) is 24.4 Å². The molecule has 0 aromatic carbocycles. The van der Waals surface area contributed by atoms with Crippen LogP contribution >= 0.6 is 0 Å². The van der Waals surface area contributed by atoms with Crippen molar-refractivity contribution in [3.05, 3.63) is 0 Å². The predicted molar refractivity (Wildman–Crippen MR) is 51.6 cm³/mol. The largest absolute Gasteiger partial charge is 2.00 e. The van der Waals surface area contributed by atoms with Crippen LogP contribution in [-0.4, -0.2) is 84.7 Å². The Morgan fingerprint density at radius 1 is 0.842 bits per heavy atom. The van der Waals surface area contributed by atoms with Gasteiger partial charge in [-0.25, -0.2) is 0 Å². The second-order valence-corrected chi connectivity index (χ2v) is 2.36. The van der Waals surface area contributed by atoms with Crippen molar-refractivity contribution in [2.24, 2.45) is 0 Å². The monoisotopic (exact) mass is 378 g/mol. The quantitative estimate of drug-likeness (QED) is 0.229. The zero-order valence-electron chi connectivity index (χ0n) is 9.35. The van der Waals surface area contributed by atoms with Crippen molar-refractivity contribution in [2.45, 2.75) is 24.4 Å². The van der Waals surface area contributed by atoms with Gasteiger partial charge in [0.05, 0.1) is 6.61 Å². The van der Waals surface area contributed by atoms with Gasteiger partial charge in [-0.05, 0) is 0 Å². The third kappa shape index (κ3) is 18.4. The molecule has 0 heterocycles. The smallest absolute Gasteiger partial charge is 1.00 e. The molecule has 0 radical (unpaired) electrons. The first kappa shape index (κ1) is 50.5. The van der Waals surface area contributed by atoms with Crippen LogP contribution in [0.15, 0.2) is 0 Å². The minimum Gasteiger partial charge on any atom is -1.00 e. The molecule has 0 saturated carbocycles. The number of aliphatic hydroxyl groups excluding tert-OH is 5. The average Bonchev–Trinajstić information content (AvgIpc) is 2.12. The van der Waals surface area contributed by atoms with Crippen LogP contribution in [0.5, 0.6) is 0 Å². The molecule has 0 aromatic rings. The maximum atomic E-state index is 9.90. The molecule has 0 aliphatic heterocycles. The van der Waals surface area contributed by atoms with Crippen molar-refractivity contribution in [2.75, 3.05) is 6.61 Å². The first-order valence-corrected chi connectivity index (χ1v) is 3.33. The van der Waals surface area contributed by atoms with E-state index in [2.05, 4.69) is 0 Å². The molecule has 0 aromatic heterocycles. The van der Waals surface area contributed by atoms with Gasteiger partial charge >= 0.3 is 17.1 Å². The van der Waals surface area contributed by atoms with Gasteiger partial charge in [0.2, 0.25) is 0 Å². The SMILES string of the molecule is O.O.O.O.O=CC(O)C(O)C(O)C(O)CO.[Cl-].[Cl-].[Fe+2]. The number of hydrogen-bond acceptors (Lipinski definition) is 6. The summed E-state index contributed by atoms with van der Waals surface area (Å²) >= 11 is 0. The first-order valence-electron chi connectivity index (χ1n) is 3.33. The molecular formula is C6H20Cl2FeO10. The molecule has 0 amide bonds. The fourth-order valence-corrected chi connectivity index (χ4v) is 0.618. The van der Waals surface area contributed by atoms with E-state index in [1.54, 1.807) is 0 Å². The van der Waals surface area contributed by atoms with Gasteiger partial charge in [0, 0.05) is 0 Å². The number of carbonyl (C=O) groups excluding carboxylic acids is 1. The number of hydrogen-bond donors (Lipinski definition) is 5. The Balaban J connectivity index is -0.0000000288. The first-order chi connectivity index (χ1) is 5.54. The number of aldehydes is 1. The Labute approximate surface area is 132 Å². The van der Waals surface area contributed by atoms with Gasteiger partial charge in [-0.2, -0.15) is 0 Å². The summed E-state index contributed by atoms with van der Waals surface area (Å²) in [5, 5.41) is 43.5. The zero-order valence-corrected chi connectivity index (χ0v) is 12.0. The fourth-order valence-electron chi connectivity index (χ4n) is 0.618. The van der Waals surface area contributed by atoms with Crippen LogP contribution in [0.3, 0.4) is 0 Å². The molecule has 0 spiro atoms. The molecule has 13 heteroatoms. The van der Waals surface area contributed by atoms with Gasteiger partial charge in [0.25, 0.3) is 0 Å². The second-order valence-electron chi connectivity index (χ2n) is 2.36. The second kappa shape index (κ2) is 26.9. The Morgan fingerprint density at radius 3 is 1.37 bits per heavy atom. The van der Waals surface area contributed by atoms with Crippen molar-refractivity contribution in [1.82, 2.24) is 0 Å². The maximum absolute atomic E-state index is 9.90. The summed E-state index contributed by atoms with van der Waals surface area (Å²) in [6.07, 6.45) is -6.84. The molecule has 4 atom stereocenters. The van der Waals surface area contributed by atoms with Gasteiger partial charge < -0.3 is 77.0 Å². The van der Waals surface area contributed by atoms with Crippen LogP contribution in [-0.2, 0) is 21.9 Å². The van der Waals surface area contributed by atoms with Crippen LogP contribution in [0.1, 0.15) is 0 Å². The summed E-state index contributed by atoms with van der Waals surface area (Å²) < 4.78 is 0. The van der Waals surface area contributed by atoms with Gasteiger partial charge in [0.15, 0.2) is 6.29 Å². The van der Waals surface area contributed by atoms with E-state index < -0.39 is 31.0 Å². The summed E-state index contributed by atoms with van der Waals surface area (Å²) in [6, 6.07) is 0. The van der Waals surface area contributed by atoms with Crippen LogP contribution in [0.4, 0.5) is 0 Å². The van der Waals surface area contributed by atoms with E-state index in [1.807, 2.05) is 0 Å². The van der Waals surface area contributed by atoms with E-state index in [0.717, 1.165) is 0 Å². The molecule has 126 valence electrons. The van der Waals surface area contributed by atoms with E-state index in [-0.39, 0.29) is 70.1 Å². The molecule has 0 aliphatic carbocycles. The molecule has 13 N–H and O–H groups in total. The molecule has 0 saturated heterocycles. The van der Waals surface area contributed by atoms with E-state index in [0.29, 0.717) is 0 Å². The van der Waals surface area contributed by atoms with Gasteiger partial charge in [-0.3, -0.25) is 0 Å². The Kier molecular flexibility index (Phi) is 71.5. The van der Waals surface area contributed by atoms with Crippen molar-refractivity contribution in [3.8, 4) is 0 Å². The van der Waals surface area contributed by atoms with Crippen molar-refractivity contribution in [3.63, 3.8) is 0 Å². The maximum Gasteiger partial charge on any atom is 2.00 e. The van der Waals surface area contributed by atoms with Crippen LogP contribution in [0, 0.1) is 0 Å². The fraction of sp³-hybridized carbons (Fsp3) is 0.833. The van der Waals surface area contributed by atoms with Crippen molar-refractivity contribution >= 4 is 6.29 Å². The van der Waals surface area contributed by atoms with Crippen LogP contribution < -0.4 is 24.8 Å². The molecule has 10 nitrogen and oxygen atoms in total. The van der Waals surface area contributed by atoms with Crippen LogP contribution in [0.2, 0.25) is 0 Å². The molecule has 19 heavy (non-hydrogen) atoms. The Morgan fingerprint density at radius 2 is 1.16 bits per heavy atom. The van der Waals surface area contributed by atoms with E-state index >= 15 is 0 Å². The average molecular weight is 379 g/mol. The minimum absolute atomic E-state index is 0. The number of carbonyl (C=O) groups is 1. The summed E-state index contributed by atoms with van der Waals surface area (Å²) in [4.78, 5) is 9.90. The Hall–Kier alpha value is 0.409. The molecule has 4 unspecified atom stereocenters. The van der Waals surface area contributed by atoms with Gasteiger partial charge in [-0.15, -0.1) is 0 Å². The minimum atomic E-state index is -1.79. The van der Waals surface area contributed by atoms with Gasteiger partial charge in [-0.1, -0.05) is 0 Å². The number of halogens is 2.